The maximum Gasteiger partial charge on any atom is 0.262 e. The number of fused-ring (bicyclic) bond motifs is 2. The second kappa shape index (κ2) is 21.8. The van der Waals surface area contributed by atoms with Gasteiger partial charge in [-0.2, -0.15) is 33.7 Å². The van der Waals surface area contributed by atoms with Gasteiger partial charge in [-0.05, 0) is 72.3 Å². The maximum absolute atomic E-state index is 12.9. The number of amides is 4. The number of thiazole rings is 2. The van der Waals surface area contributed by atoms with Crippen molar-refractivity contribution in [3.05, 3.63) is 83.9 Å². The highest BCUT2D eigenvalue weighted by atomic mass is 32.2. The number of rotatable bonds is 20. The Kier molecular flexibility index (Phi) is 16.7. The fourth-order valence-electron chi connectivity index (χ4n) is 4.73. The number of hydrogen-bond acceptors (Lipinski definition) is 14. The van der Waals surface area contributed by atoms with Gasteiger partial charge >= 0.3 is 0 Å². The highest BCUT2D eigenvalue weighted by Crippen LogP contribution is 2.30. The summed E-state index contributed by atoms with van der Waals surface area (Å²) in [5.41, 5.74) is 8.31. The highest BCUT2D eigenvalue weighted by molar-refractivity contribution is 8.02. The molecular formula is C36H38N8O4S6. The molecule has 0 spiro atoms. The van der Waals surface area contributed by atoms with E-state index in [0.717, 1.165) is 40.2 Å². The lowest BCUT2D eigenvalue weighted by Gasteiger charge is -2.16. The van der Waals surface area contributed by atoms with Crippen LogP contribution in [0.5, 0.6) is 0 Å². The molecule has 282 valence electrons. The summed E-state index contributed by atoms with van der Waals surface area (Å²) < 4.78 is 3.71. The Hall–Kier alpha value is -3.94. The van der Waals surface area contributed by atoms with Crippen molar-refractivity contribution in [1.29, 1.82) is 0 Å². The molecule has 0 radical (unpaired) electrons. The predicted octanol–water partition coefficient (Wildman–Crippen LogP) is 5.87. The molecule has 2 atom stereocenters. The summed E-state index contributed by atoms with van der Waals surface area (Å²) >= 11 is 8.92. The molecule has 5 aromatic rings. The van der Waals surface area contributed by atoms with Gasteiger partial charge in [-0.3, -0.25) is 19.2 Å². The topological polar surface area (TPSA) is 167 Å². The van der Waals surface area contributed by atoms with E-state index in [1.54, 1.807) is 47.8 Å². The predicted molar refractivity (Wildman–Crippen MR) is 228 cm³/mol. The van der Waals surface area contributed by atoms with Crippen molar-refractivity contribution in [2.45, 2.75) is 33.6 Å². The lowest BCUT2D eigenvalue weighted by atomic mass is 10.2. The number of para-hydroxylation sites is 2. The zero-order valence-corrected chi connectivity index (χ0v) is 34.3. The molecule has 0 aliphatic carbocycles. The smallest absolute Gasteiger partial charge is 0.262 e. The molecule has 2 unspecified atom stereocenters. The molecule has 3 aromatic carbocycles. The summed E-state index contributed by atoms with van der Waals surface area (Å²) in [7, 11) is 0. The third-order valence-electron chi connectivity index (χ3n) is 7.44. The first-order valence-corrected chi connectivity index (χ1v) is 23.0. The van der Waals surface area contributed by atoms with E-state index in [2.05, 4.69) is 41.7 Å². The molecule has 0 aliphatic rings. The summed E-state index contributed by atoms with van der Waals surface area (Å²) in [5, 5.41) is 13.8. The van der Waals surface area contributed by atoms with E-state index >= 15 is 0 Å². The van der Waals surface area contributed by atoms with Gasteiger partial charge in [-0.25, -0.2) is 20.8 Å². The van der Waals surface area contributed by atoms with Crippen LogP contribution in [0.25, 0.3) is 20.4 Å². The molecule has 0 saturated heterocycles. The molecule has 4 N–H and O–H groups in total. The Morgan fingerprint density at radius 1 is 0.648 bits per heavy atom. The van der Waals surface area contributed by atoms with Crippen molar-refractivity contribution in [3.63, 3.8) is 0 Å². The van der Waals surface area contributed by atoms with Crippen LogP contribution in [-0.2, 0) is 19.2 Å². The van der Waals surface area contributed by atoms with Gasteiger partial charge in [-0.15, -0.1) is 22.7 Å². The van der Waals surface area contributed by atoms with E-state index in [9.17, 15) is 19.2 Å². The second-order valence-corrected chi connectivity index (χ2v) is 17.9. The van der Waals surface area contributed by atoms with Gasteiger partial charge in [0.25, 0.3) is 11.8 Å². The number of aromatic nitrogens is 2. The Morgan fingerprint density at radius 3 is 1.44 bits per heavy atom. The van der Waals surface area contributed by atoms with E-state index in [-0.39, 0.29) is 23.3 Å². The van der Waals surface area contributed by atoms with Gasteiger partial charge < -0.3 is 10.6 Å². The summed E-state index contributed by atoms with van der Waals surface area (Å²) in [6.45, 7) is 0. The molecule has 2 heterocycles. The van der Waals surface area contributed by atoms with Gasteiger partial charge in [0, 0.05) is 0 Å². The van der Waals surface area contributed by atoms with Crippen LogP contribution < -0.4 is 21.5 Å². The standard InChI is InChI=1S/C36H38N8O4S6/c1-49-17-15-27(39-31(45)21-51-35-41-25-7-3-5-9-29(25)53-35)33(47)43-37-19-23-11-13-24(14-12-23)20-38-44-34(48)28(16-18-50-2)40-32(46)22-52-36-42-26-8-4-6-10-30(26)54-36/h3-14,19-20,27-28H,15-18,21-22H2,1-2H3,(H,39,45)(H,40,46)(H,43,47)(H,44,48). The van der Waals surface area contributed by atoms with E-state index in [1.807, 2.05) is 61.0 Å². The molecule has 54 heavy (non-hydrogen) atoms. The van der Waals surface area contributed by atoms with Crippen molar-refractivity contribution in [2.24, 2.45) is 10.2 Å². The molecular weight excluding hydrogens is 801 g/mol. The Bertz CT molecular complexity index is 1880. The normalized spacial score (nSPS) is 12.6. The van der Waals surface area contributed by atoms with Gasteiger partial charge in [0.05, 0.1) is 44.4 Å². The molecule has 4 amide bonds. The number of nitrogens with zero attached hydrogens (tertiary/aromatic N) is 4. The first-order chi connectivity index (χ1) is 26.3. The van der Waals surface area contributed by atoms with Crippen molar-refractivity contribution >= 4 is 126 Å². The maximum atomic E-state index is 12.9. The zero-order valence-electron chi connectivity index (χ0n) is 29.4. The summed E-state index contributed by atoms with van der Waals surface area (Å²) in [6, 6.07) is 21.3. The largest absolute Gasteiger partial charge is 0.343 e. The van der Waals surface area contributed by atoms with E-state index < -0.39 is 23.9 Å². The molecule has 2 aromatic heterocycles. The van der Waals surface area contributed by atoms with Crippen LogP contribution in [-0.4, -0.2) is 93.6 Å². The fraction of sp³-hybridized carbons (Fsp3) is 0.278. The van der Waals surface area contributed by atoms with E-state index in [4.69, 9.17) is 0 Å². The number of nitrogens with one attached hydrogen (secondary N) is 4. The molecule has 0 bridgehead atoms. The van der Waals surface area contributed by atoms with Crippen LogP contribution in [0.1, 0.15) is 24.0 Å². The Morgan fingerprint density at radius 2 is 1.06 bits per heavy atom. The summed E-state index contributed by atoms with van der Waals surface area (Å²) in [4.78, 5) is 60.4. The molecule has 0 saturated carbocycles. The first-order valence-electron chi connectivity index (χ1n) is 16.6. The quantitative estimate of drug-likeness (QED) is 0.0424. The average Bonchev–Trinajstić information content (AvgIpc) is 3.81. The van der Waals surface area contributed by atoms with Crippen molar-refractivity contribution in [1.82, 2.24) is 31.5 Å². The van der Waals surface area contributed by atoms with E-state index in [1.165, 1.54) is 58.6 Å². The molecule has 12 nitrogen and oxygen atoms in total. The molecule has 5 rings (SSSR count). The van der Waals surface area contributed by atoms with Crippen molar-refractivity contribution < 1.29 is 19.2 Å². The van der Waals surface area contributed by atoms with Gasteiger partial charge in [0.2, 0.25) is 11.8 Å². The Balaban J connectivity index is 1.05. The van der Waals surface area contributed by atoms with Crippen LogP contribution >= 0.6 is 69.7 Å². The minimum atomic E-state index is -0.733. The van der Waals surface area contributed by atoms with Crippen molar-refractivity contribution in [2.75, 3.05) is 35.5 Å². The number of hydrazone groups is 2. The number of carbonyl (C=O) groups is 4. The number of hydrogen-bond donors (Lipinski definition) is 4. The van der Waals surface area contributed by atoms with Gasteiger partial charge in [-0.1, -0.05) is 72.1 Å². The lowest BCUT2D eigenvalue weighted by molar-refractivity contribution is -0.127. The molecule has 0 fully saturated rings. The fourth-order valence-corrected chi connectivity index (χ4v) is 9.43. The minimum Gasteiger partial charge on any atom is -0.343 e. The SMILES string of the molecule is CSCCC(NC(=O)CSc1nc2ccccc2s1)C(=O)NN=Cc1ccc(C=NNC(=O)C(CCSC)NC(=O)CSc2nc3ccccc3s2)cc1. The average molecular weight is 839 g/mol. The van der Waals surface area contributed by atoms with Gasteiger partial charge in [0.1, 0.15) is 12.1 Å². The highest BCUT2D eigenvalue weighted by Gasteiger charge is 2.22. The molecule has 18 heteroatoms. The third-order valence-corrected chi connectivity index (χ3v) is 13.1. The van der Waals surface area contributed by atoms with Gasteiger partial charge in [0.15, 0.2) is 8.68 Å². The van der Waals surface area contributed by atoms with Crippen LogP contribution in [0, 0.1) is 0 Å². The van der Waals surface area contributed by atoms with E-state index in [0.29, 0.717) is 24.3 Å². The van der Waals surface area contributed by atoms with Crippen LogP contribution in [0.2, 0.25) is 0 Å². The molecule has 0 aliphatic heterocycles. The second-order valence-electron chi connectivity index (χ2n) is 11.4. The first kappa shape index (κ1) is 41.2. The lowest BCUT2D eigenvalue weighted by Crippen LogP contribution is -2.46. The number of carbonyl (C=O) groups excluding carboxylic acids is 4. The monoisotopic (exact) mass is 838 g/mol. The van der Waals surface area contributed by atoms with Crippen LogP contribution in [0.4, 0.5) is 0 Å². The summed E-state index contributed by atoms with van der Waals surface area (Å²) in [5.74, 6) is 0.346. The van der Waals surface area contributed by atoms with Crippen molar-refractivity contribution in [3.8, 4) is 0 Å². The zero-order chi connectivity index (χ0) is 38.1. The third kappa shape index (κ3) is 13.1. The summed E-state index contributed by atoms with van der Waals surface area (Å²) in [6.07, 6.45) is 7.81. The number of thioether (sulfide) groups is 4. The van der Waals surface area contributed by atoms with Crippen LogP contribution in [0.15, 0.2) is 91.7 Å². The number of benzene rings is 3. The Labute approximate surface area is 338 Å². The minimum absolute atomic E-state index is 0.145. The van der Waals surface area contributed by atoms with Crippen LogP contribution in [0.3, 0.4) is 0 Å².